The van der Waals surface area contributed by atoms with E-state index in [9.17, 15) is 4.79 Å². The molecule has 0 aliphatic heterocycles. The van der Waals surface area contributed by atoms with Gasteiger partial charge in [-0.25, -0.2) is 0 Å². The van der Waals surface area contributed by atoms with E-state index in [1.165, 1.54) is 0 Å². The minimum absolute atomic E-state index is 0.0593. The summed E-state index contributed by atoms with van der Waals surface area (Å²) in [5, 5.41) is 2.74. The normalized spacial score (nSPS) is 9.88. The molecule has 0 fully saturated rings. The second kappa shape index (κ2) is 6.85. The first-order valence-electron chi connectivity index (χ1n) is 5.49. The summed E-state index contributed by atoms with van der Waals surface area (Å²) >= 11 is 0. The highest BCUT2D eigenvalue weighted by Crippen LogP contribution is 2.12. The summed E-state index contributed by atoms with van der Waals surface area (Å²) in [7, 11) is 0. The molecule has 0 saturated heterocycles. The van der Waals surface area contributed by atoms with Crippen molar-refractivity contribution in [2.75, 3.05) is 19.7 Å². The number of nitrogens with one attached hydrogen (secondary N) is 1. The standard InChI is InChI=1S/C12H18N2O2/c1-2-14-12(15)10-4-6-11(7-5-10)16-9-3-8-13/h4-7H,2-3,8-9,13H2,1H3,(H,14,15). The summed E-state index contributed by atoms with van der Waals surface area (Å²) in [6, 6.07) is 7.09. The molecule has 0 radical (unpaired) electrons. The number of benzene rings is 1. The molecule has 1 aromatic rings. The zero-order chi connectivity index (χ0) is 11.8. The lowest BCUT2D eigenvalue weighted by Crippen LogP contribution is -2.22. The van der Waals surface area contributed by atoms with E-state index in [1.807, 2.05) is 6.92 Å². The molecule has 0 heterocycles. The smallest absolute Gasteiger partial charge is 0.251 e. The summed E-state index contributed by atoms with van der Waals surface area (Å²) in [6.07, 6.45) is 0.831. The van der Waals surface area contributed by atoms with Crippen LogP contribution in [0.3, 0.4) is 0 Å². The van der Waals surface area contributed by atoms with Gasteiger partial charge in [-0.3, -0.25) is 4.79 Å². The van der Waals surface area contributed by atoms with Crippen LogP contribution in [-0.2, 0) is 0 Å². The van der Waals surface area contributed by atoms with Gasteiger partial charge in [0.05, 0.1) is 6.61 Å². The van der Waals surface area contributed by atoms with Crippen LogP contribution >= 0.6 is 0 Å². The lowest BCUT2D eigenvalue weighted by molar-refractivity contribution is 0.0956. The van der Waals surface area contributed by atoms with Crippen molar-refractivity contribution in [3.63, 3.8) is 0 Å². The summed E-state index contributed by atoms with van der Waals surface area (Å²) < 4.78 is 5.43. The number of rotatable bonds is 6. The van der Waals surface area contributed by atoms with Crippen molar-refractivity contribution in [3.05, 3.63) is 29.8 Å². The summed E-state index contributed by atoms with van der Waals surface area (Å²) in [5.41, 5.74) is 6.00. The van der Waals surface area contributed by atoms with E-state index in [-0.39, 0.29) is 5.91 Å². The van der Waals surface area contributed by atoms with Crippen molar-refractivity contribution in [2.24, 2.45) is 5.73 Å². The van der Waals surface area contributed by atoms with Crippen LogP contribution < -0.4 is 15.8 Å². The largest absolute Gasteiger partial charge is 0.494 e. The Balaban J connectivity index is 2.50. The number of carbonyl (C=O) groups excluding carboxylic acids is 1. The highest BCUT2D eigenvalue weighted by Gasteiger charge is 2.03. The fourth-order valence-electron chi connectivity index (χ4n) is 1.24. The molecule has 0 unspecified atom stereocenters. The van der Waals surface area contributed by atoms with Gasteiger partial charge in [-0.2, -0.15) is 0 Å². The maximum absolute atomic E-state index is 11.4. The Bertz CT molecular complexity index is 322. The third-order valence-corrected chi connectivity index (χ3v) is 2.07. The predicted octanol–water partition coefficient (Wildman–Crippen LogP) is 1.16. The van der Waals surface area contributed by atoms with E-state index in [0.717, 1.165) is 12.2 Å². The molecule has 1 rings (SSSR count). The fraction of sp³-hybridized carbons (Fsp3) is 0.417. The van der Waals surface area contributed by atoms with Gasteiger partial charge in [0.15, 0.2) is 0 Å². The third-order valence-electron chi connectivity index (χ3n) is 2.07. The van der Waals surface area contributed by atoms with Crippen LogP contribution in [0.4, 0.5) is 0 Å². The number of carbonyl (C=O) groups is 1. The number of nitrogens with two attached hydrogens (primary N) is 1. The second-order valence-corrected chi connectivity index (χ2v) is 3.37. The van der Waals surface area contributed by atoms with Crippen LogP contribution in [0.2, 0.25) is 0 Å². The van der Waals surface area contributed by atoms with E-state index in [1.54, 1.807) is 24.3 Å². The Morgan fingerprint density at radius 2 is 2.06 bits per heavy atom. The zero-order valence-electron chi connectivity index (χ0n) is 9.53. The molecule has 4 heteroatoms. The van der Waals surface area contributed by atoms with Crippen molar-refractivity contribution in [2.45, 2.75) is 13.3 Å². The first kappa shape index (κ1) is 12.5. The van der Waals surface area contributed by atoms with Crippen molar-refractivity contribution in [1.29, 1.82) is 0 Å². The van der Waals surface area contributed by atoms with Gasteiger partial charge in [0.25, 0.3) is 5.91 Å². The average molecular weight is 222 g/mol. The van der Waals surface area contributed by atoms with Crippen molar-refractivity contribution >= 4 is 5.91 Å². The monoisotopic (exact) mass is 222 g/mol. The molecule has 0 aliphatic rings. The average Bonchev–Trinajstić information content (AvgIpc) is 2.30. The van der Waals surface area contributed by atoms with Crippen molar-refractivity contribution < 1.29 is 9.53 Å². The van der Waals surface area contributed by atoms with E-state index < -0.39 is 0 Å². The molecule has 1 aromatic carbocycles. The molecule has 1 amide bonds. The predicted molar refractivity (Wildman–Crippen MR) is 63.6 cm³/mol. The number of hydrogen-bond donors (Lipinski definition) is 2. The van der Waals surface area contributed by atoms with E-state index in [4.69, 9.17) is 10.5 Å². The van der Waals surface area contributed by atoms with E-state index >= 15 is 0 Å². The lowest BCUT2D eigenvalue weighted by atomic mass is 10.2. The quantitative estimate of drug-likeness (QED) is 0.710. The van der Waals surface area contributed by atoms with E-state index in [0.29, 0.717) is 25.3 Å². The van der Waals surface area contributed by atoms with Gasteiger partial charge in [-0.05, 0) is 44.2 Å². The Morgan fingerprint density at radius 1 is 1.38 bits per heavy atom. The van der Waals surface area contributed by atoms with Gasteiger partial charge in [-0.1, -0.05) is 0 Å². The van der Waals surface area contributed by atoms with E-state index in [2.05, 4.69) is 5.32 Å². The highest BCUT2D eigenvalue weighted by atomic mass is 16.5. The lowest BCUT2D eigenvalue weighted by Gasteiger charge is -2.06. The Morgan fingerprint density at radius 3 is 2.62 bits per heavy atom. The van der Waals surface area contributed by atoms with Crippen LogP contribution in [0.5, 0.6) is 5.75 Å². The number of hydrogen-bond acceptors (Lipinski definition) is 3. The topological polar surface area (TPSA) is 64.3 Å². The second-order valence-electron chi connectivity index (χ2n) is 3.37. The minimum atomic E-state index is -0.0593. The van der Waals surface area contributed by atoms with Gasteiger partial charge >= 0.3 is 0 Å². The molecular weight excluding hydrogens is 204 g/mol. The first-order chi connectivity index (χ1) is 7.77. The van der Waals surface area contributed by atoms with Crippen LogP contribution in [0.15, 0.2) is 24.3 Å². The van der Waals surface area contributed by atoms with Crippen molar-refractivity contribution in [3.8, 4) is 5.75 Å². The molecule has 0 atom stereocenters. The molecular formula is C12H18N2O2. The fourth-order valence-corrected chi connectivity index (χ4v) is 1.24. The molecule has 4 nitrogen and oxygen atoms in total. The molecule has 0 aromatic heterocycles. The molecule has 0 bridgehead atoms. The summed E-state index contributed by atoms with van der Waals surface area (Å²) in [5.74, 6) is 0.706. The van der Waals surface area contributed by atoms with Gasteiger partial charge in [0.1, 0.15) is 5.75 Å². The first-order valence-corrected chi connectivity index (χ1v) is 5.49. The Hall–Kier alpha value is -1.55. The highest BCUT2D eigenvalue weighted by molar-refractivity contribution is 5.94. The number of amides is 1. The zero-order valence-corrected chi connectivity index (χ0v) is 9.53. The molecule has 0 aliphatic carbocycles. The molecule has 0 spiro atoms. The maximum atomic E-state index is 11.4. The minimum Gasteiger partial charge on any atom is -0.494 e. The van der Waals surface area contributed by atoms with Gasteiger partial charge in [-0.15, -0.1) is 0 Å². The summed E-state index contributed by atoms with van der Waals surface area (Å²) in [4.78, 5) is 11.4. The SMILES string of the molecule is CCNC(=O)c1ccc(OCCCN)cc1. The van der Waals surface area contributed by atoms with Gasteiger partial charge in [0.2, 0.25) is 0 Å². The third kappa shape index (κ3) is 3.90. The van der Waals surface area contributed by atoms with Crippen LogP contribution in [0.25, 0.3) is 0 Å². The molecule has 88 valence electrons. The molecule has 16 heavy (non-hydrogen) atoms. The van der Waals surface area contributed by atoms with Crippen LogP contribution in [0.1, 0.15) is 23.7 Å². The van der Waals surface area contributed by atoms with Crippen molar-refractivity contribution in [1.82, 2.24) is 5.32 Å². The Labute approximate surface area is 95.8 Å². The molecule has 3 N–H and O–H groups in total. The maximum Gasteiger partial charge on any atom is 0.251 e. The summed E-state index contributed by atoms with van der Waals surface area (Å²) in [6.45, 7) is 3.75. The van der Waals surface area contributed by atoms with Gasteiger partial charge in [0, 0.05) is 12.1 Å². The van der Waals surface area contributed by atoms with Crippen LogP contribution in [0, 0.1) is 0 Å². The van der Waals surface area contributed by atoms with Gasteiger partial charge < -0.3 is 15.8 Å². The number of ether oxygens (including phenoxy) is 1. The van der Waals surface area contributed by atoms with Crippen LogP contribution in [-0.4, -0.2) is 25.6 Å². The Kier molecular flexibility index (Phi) is 5.36. The molecule has 0 saturated carbocycles.